The summed E-state index contributed by atoms with van der Waals surface area (Å²) in [6.07, 6.45) is 1.75. The molecule has 0 saturated heterocycles. The van der Waals surface area contributed by atoms with Gasteiger partial charge in [-0.15, -0.1) is 5.10 Å². The molecule has 1 aromatic heterocycles. The molecule has 0 spiro atoms. The molecule has 0 unspecified atom stereocenters. The highest BCUT2D eigenvalue weighted by Gasteiger charge is 2.12. The Labute approximate surface area is 173 Å². The molecule has 0 saturated carbocycles. The molecule has 9 heteroatoms. The summed E-state index contributed by atoms with van der Waals surface area (Å²) in [4.78, 5) is 35.9. The number of amides is 1. The number of rotatable bonds is 9. The van der Waals surface area contributed by atoms with Crippen LogP contribution in [-0.2, 0) is 25.6 Å². The Morgan fingerprint density at radius 1 is 1.03 bits per heavy atom. The van der Waals surface area contributed by atoms with Crippen molar-refractivity contribution in [3.8, 4) is 0 Å². The fourth-order valence-electron chi connectivity index (χ4n) is 2.63. The molecule has 0 aliphatic heterocycles. The van der Waals surface area contributed by atoms with Crippen molar-refractivity contribution in [1.29, 1.82) is 0 Å². The largest absolute Gasteiger partial charge is 0.462 e. The van der Waals surface area contributed by atoms with Crippen LogP contribution in [0.2, 0.25) is 0 Å². The van der Waals surface area contributed by atoms with Gasteiger partial charge in [0, 0.05) is 5.69 Å². The molecular formula is C21H22N4O5. The summed E-state index contributed by atoms with van der Waals surface area (Å²) in [5.41, 5.74) is 2.24. The maximum absolute atomic E-state index is 12.0. The molecule has 1 amide bonds. The lowest BCUT2D eigenvalue weighted by molar-refractivity contribution is -0.148. The lowest BCUT2D eigenvalue weighted by Crippen LogP contribution is -2.23. The second kappa shape index (κ2) is 10.1. The Bertz CT molecular complexity index is 1030. The third-order valence-corrected chi connectivity index (χ3v) is 4.20. The van der Waals surface area contributed by atoms with Crippen LogP contribution < -0.4 is 5.32 Å². The number of aromatic nitrogens is 3. The monoisotopic (exact) mass is 410 g/mol. The summed E-state index contributed by atoms with van der Waals surface area (Å²) < 4.78 is 11.5. The number of anilines is 1. The van der Waals surface area contributed by atoms with Gasteiger partial charge in [0.05, 0.1) is 17.7 Å². The van der Waals surface area contributed by atoms with Crippen molar-refractivity contribution >= 4 is 34.6 Å². The Kier molecular flexibility index (Phi) is 7.09. The average molecular weight is 410 g/mol. The number of fused-ring (bicyclic) bond motifs is 1. The zero-order valence-corrected chi connectivity index (χ0v) is 16.5. The minimum atomic E-state index is -0.606. The van der Waals surface area contributed by atoms with Gasteiger partial charge in [-0.25, -0.2) is 9.48 Å². The quantitative estimate of drug-likeness (QED) is 0.426. The number of hydrogen-bond acceptors (Lipinski definition) is 7. The lowest BCUT2D eigenvalue weighted by Gasteiger charge is -2.08. The summed E-state index contributed by atoms with van der Waals surface area (Å²) in [6, 6.07) is 13.5. The fraction of sp³-hybridized carbons (Fsp3) is 0.286. The number of para-hydroxylation sites is 1. The van der Waals surface area contributed by atoms with E-state index in [0.29, 0.717) is 28.9 Å². The molecule has 1 heterocycles. The predicted octanol–water partition coefficient (Wildman–Crippen LogP) is 2.57. The van der Waals surface area contributed by atoms with Gasteiger partial charge in [-0.1, -0.05) is 30.7 Å². The maximum atomic E-state index is 12.0. The summed E-state index contributed by atoms with van der Waals surface area (Å²) in [5, 5.41) is 10.5. The van der Waals surface area contributed by atoms with Crippen LogP contribution in [0.25, 0.3) is 11.0 Å². The molecule has 0 fully saturated rings. The van der Waals surface area contributed by atoms with E-state index in [0.717, 1.165) is 12.8 Å². The molecule has 2 aromatic carbocycles. The van der Waals surface area contributed by atoms with Gasteiger partial charge in [0.15, 0.2) is 6.61 Å². The number of hydrogen-bond donors (Lipinski definition) is 1. The zero-order valence-electron chi connectivity index (χ0n) is 16.5. The smallest absolute Gasteiger partial charge is 0.338 e. The lowest BCUT2D eigenvalue weighted by atomic mass is 10.2. The van der Waals surface area contributed by atoms with Crippen molar-refractivity contribution < 1.29 is 23.9 Å². The number of nitrogens with zero attached hydrogens (tertiary/aromatic N) is 3. The number of ether oxygens (including phenoxy) is 2. The number of nitrogens with one attached hydrogen (secondary N) is 1. The molecule has 30 heavy (non-hydrogen) atoms. The Balaban J connectivity index is 1.45. The van der Waals surface area contributed by atoms with Crippen LogP contribution in [0.1, 0.15) is 30.1 Å². The average Bonchev–Trinajstić information content (AvgIpc) is 3.16. The Morgan fingerprint density at radius 3 is 2.57 bits per heavy atom. The molecule has 156 valence electrons. The first-order valence-electron chi connectivity index (χ1n) is 9.57. The first-order chi connectivity index (χ1) is 14.6. The van der Waals surface area contributed by atoms with Crippen LogP contribution in [0, 0.1) is 0 Å². The van der Waals surface area contributed by atoms with E-state index in [-0.39, 0.29) is 6.54 Å². The molecule has 3 aromatic rings. The number of carbonyl (C=O) groups excluding carboxylic acids is 3. The fourth-order valence-corrected chi connectivity index (χ4v) is 2.63. The molecule has 1 N–H and O–H groups in total. The minimum Gasteiger partial charge on any atom is -0.462 e. The second-order valence-electron chi connectivity index (χ2n) is 6.51. The third kappa shape index (κ3) is 5.63. The first-order valence-corrected chi connectivity index (χ1v) is 9.57. The van der Waals surface area contributed by atoms with Crippen LogP contribution in [-0.4, -0.2) is 46.1 Å². The molecule has 0 bridgehead atoms. The van der Waals surface area contributed by atoms with Crippen LogP contribution >= 0.6 is 0 Å². The zero-order chi connectivity index (χ0) is 21.3. The molecule has 3 rings (SSSR count). The van der Waals surface area contributed by atoms with Gasteiger partial charge in [-0.05, 0) is 42.8 Å². The molecule has 9 nitrogen and oxygen atoms in total. The van der Waals surface area contributed by atoms with Gasteiger partial charge < -0.3 is 14.8 Å². The van der Waals surface area contributed by atoms with Crippen molar-refractivity contribution in [1.82, 2.24) is 15.0 Å². The van der Waals surface area contributed by atoms with Crippen molar-refractivity contribution in [2.45, 2.75) is 26.3 Å². The van der Waals surface area contributed by atoms with E-state index in [1.807, 2.05) is 19.1 Å². The van der Waals surface area contributed by atoms with Gasteiger partial charge >= 0.3 is 11.9 Å². The van der Waals surface area contributed by atoms with E-state index in [4.69, 9.17) is 9.47 Å². The van der Waals surface area contributed by atoms with Crippen molar-refractivity contribution in [3.05, 3.63) is 54.1 Å². The highest BCUT2D eigenvalue weighted by molar-refractivity contribution is 5.94. The van der Waals surface area contributed by atoms with E-state index in [1.54, 1.807) is 36.4 Å². The van der Waals surface area contributed by atoms with Crippen molar-refractivity contribution in [2.75, 3.05) is 18.5 Å². The van der Waals surface area contributed by atoms with E-state index >= 15 is 0 Å². The molecule has 0 atom stereocenters. The first kappa shape index (κ1) is 21.0. The molecule has 0 aliphatic rings. The second-order valence-corrected chi connectivity index (χ2v) is 6.51. The standard InChI is InChI=1S/C21H22N4O5/c1-2-3-12-29-21(28)15-8-10-16(11-9-15)22-19(26)14-30-20(27)13-25-18-7-5-4-6-17(18)23-24-25/h4-11H,2-3,12-14H2,1H3,(H,22,26). The van der Waals surface area contributed by atoms with E-state index in [9.17, 15) is 14.4 Å². The minimum absolute atomic E-state index is 0.150. The molecule has 0 radical (unpaired) electrons. The topological polar surface area (TPSA) is 112 Å². The highest BCUT2D eigenvalue weighted by Crippen LogP contribution is 2.12. The normalized spacial score (nSPS) is 10.6. The Hall–Kier alpha value is -3.75. The highest BCUT2D eigenvalue weighted by atomic mass is 16.5. The predicted molar refractivity (Wildman–Crippen MR) is 109 cm³/mol. The number of unbranched alkanes of at least 4 members (excludes halogenated alkanes) is 1. The van der Waals surface area contributed by atoms with Crippen LogP contribution in [0.4, 0.5) is 5.69 Å². The Morgan fingerprint density at radius 2 is 1.80 bits per heavy atom. The van der Waals surface area contributed by atoms with Crippen LogP contribution in [0.5, 0.6) is 0 Å². The van der Waals surface area contributed by atoms with Gasteiger partial charge in [0.2, 0.25) is 0 Å². The third-order valence-electron chi connectivity index (χ3n) is 4.20. The molecule has 0 aliphatic carbocycles. The van der Waals surface area contributed by atoms with Crippen LogP contribution in [0.15, 0.2) is 48.5 Å². The van der Waals surface area contributed by atoms with E-state index in [1.165, 1.54) is 4.68 Å². The van der Waals surface area contributed by atoms with E-state index in [2.05, 4.69) is 15.6 Å². The molecular weight excluding hydrogens is 388 g/mol. The maximum Gasteiger partial charge on any atom is 0.338 e. The van der Waals surface area contributed by atoms with Crippen molar-refractivity contribution in [3.63, 3.8) is 0 Å². The summed E-state index contributed by atoms with van der Waals surface area (Å²) in [6.45, 7) is 1.80. The summed E-state index contributed by atoms with van der Waals surface area (Å²) in [7, 11) is 0. The van der Waals surface area contributed by atoms with Crippen molar-refractivity contribution in [2.24, 2.45) is 0 Å². The summed E-state index contributed by atoms with van der Waals surface area (Å²) >= 11 is 0. The van der Waals surface area contributed by atoms with Gasteiger partial charge in [-0.2, -0.15) is 0 Å². The van der Waals surface area contributed by atoms with Gasteiger partial charge in [0.25, 0.3) is 5.91 Å². The van der Waals surface area contributed by atoms with Crippen LogP contribution in [0.3, 0.4) is 0 Å². The van der Waals surface area contributed by atoms with Gasteiger partial charge in [-0.3, -0.25) is 9.59 Å². The SMILES string of the molecule is CCCCOC(=O)c1ccc(NC(=O)COC(=O)Cn2nnc3ccccc32)cc1. The van der Waals surface area contributed by atoms with E-state index < -0.39 is 24.5 Å². The number of esters is 2. The van der Waals surface area contributed by atoms with Gasteiger partial charge in [0.1, 0.15) is 12.1 Å². The number of benzene rings is 2. The summed E-state index contributed by atoms with van der Waals surface area (Å²) in [5.74, 6) is -1.51. The number of carbonyl (C=O) groups is 3.